The molecular formula is C12H16F3NO2. The Bertz CT molecular complexity index is 388. The average Bonchev–Trinajstić information content (AvgIpc) is 2.34. The van der Waals surface area contributed by atoms with Crippen LogP contribution in [0.25, 0.3) is 0 Å². The van der Waals surface area contributed by atoms with Crippen molar-refractivity contribution in [2.75, 3.05) is 13.7 Å². The molecule has 1 rings (SSSR count). The summed E-state index contributed by atoms with van der Waals surface area (Å²) in [7, 11) is 1.40. The second-order valence-electron chi connectivity index (χ2n) is 3.89. The molecule has 0 aliphatic carbocycles. The monoisotopic (exact) mass is 263 g/mol. The van der Waals surface area contributed by atoms with E-state index in [1.807, 2.05) is 0 Å². The fraction of sp³-hybridized carbons (Fsp3) is 0.500. The Kier molecular flexibility index (Phi) is 5.43. The number of benzene rings is 1. The number of alkyl halides is 2. The number of halogens is 3. The first-order valence-corrected chi connectivity index (χ1v) is 5.49. The topological polar surface area (TPSA) is 41.5 Å². The lowest BCUT2D eigenvalue weighted by molar-refractivity contribution is -0.00446. The maximum atomic E-state index is 13.6. The maximum absolute atomic E-state index is 13.6. The Morgan fingerprint density at radius 2 is 2.06 bits per heavy atom. The molecule has 0 radical (unpaired) electrons. The molecule has 1 aromatic carbocycles. The van der Waals surface area contributed by atoms with Gasteiger partial charge in [0.1, 0.15) is 17.7 Å². The molecule has 18 heavy (non-hydrogen) atoms. The Labute approximate surface area is 104 Å². The molecule has 0 saturated heterocycles. The van der Waals surface area contributed by atoms with E-state index in [9.17, 15) is 13.2 Å². The van der Waals surface area contributed by atoms with E-state index in [0.717, 1.165) is 0 Å². The molecule has 0 aliphatic heterocycles. The molecule has 0 fully saturated rings. The van der Waals surface area contributed by atoms with Crippen molar-refractivity contribution in [1.82, 2.24) is 5.32 Å². The SMILES string of the molecule is COc1cccc(F)c1C(C)NCC(O)C(F)F. The van der Waals surface area contributed by atoms with Gasteiger partial charge in [0.15, 0.2) is 0 Å². The zero-order valence-electron chi connectivity index (χ0n) is 10.2. The predicted octanol–water partition coefficient (Wildman–Crippen LogP) is 2.11. The van der Waals surface area contributed by atoms with Gasteiger partial charge >= 0.3 is 0 Å². The summed E-state index contributed by atoms with van der Waals surface area (Å²) in [5.74, 6) is -0.151. The highest BCUT2D eigenvalue weighted by Gasteiger charge is 2.20. The van der Waals surface area contributed by atoms with Gasteiger partial charge in [-0.3, -0.25) is 0 Å². The molecule has 2 atom stereocenters. The van der Waals surface area contributed by atoms with Gasteiger partial charge in [0.25, 0.3) is 6.43 Å². The van der Waals surface area contributed by atoms with Crippen molar-refractivity contribution in [2.45, 2.75) is 25.5 Å². The predicted molar refractivity (Wildman–Crippen MR) is 61.4 cm³/mol. The third kappa shape index (κ3) is 3.61. The highest BCUT2D eigenvalue weighted by atomic mass is 19.3. The van der Waals surface area contributed by atoms with Gasteiger partial charge in [0.2, 0.25) is 0 Å². The molecule has 0 amide bonds. The van der Waals surface area contributed by atoms with Crippen LogP contribution in [0, 0.1) is 5.82 Å². The van der Waals surface area contributed by atoms with Gasteiger partial charge in [-0.1, -0.05) is 6.07 Å². The van der Waals surface area contributed by atoms with Crippen molar-refractivity contribution in [3.63, 3.8) is 0 Å². The van der Waals surface area contributed by atoms with E-state index in [2.05, 4.69) is 5.32 Å². The van der Waals surface area contributed by atoms with Gasteiger partial charge in [-0.05, 0) is 19.1 Å². The highest BCUT2D eigenvalue weighted by molar-refractivity contribution is 5.36. The third-order valence-corrected chi connectivity index (χ3v) is 2.59. The van der Waals surface area contributed by atoms with Crippen molar-refractivity contribution < 1.29 is 23.0 Å². The third-order valence-electron chi connectivity index (χ3n) is 2.59. The number of aliphatic hydroxyl groups excluding tert-OH is 1. The lowest BCUT2D eigenvalue weighted by atomic mass is 10.1. The first-order chi connectivity index (χ1) is 8.47. The lowest BCUT2D eigenvalue weighted by Gasteiger charge is -2.19. The van der Waals surface area contributed by atoms with Crippen LogP contribution in [0.3, 0.4) is 0 Å². The quantitative estimate of drug-likeness (QED) is 0.826. The molecule has 0 aromatic heterocycles. The van der Waals surface area contributed by atoms with E-state index in [4.69, 9.17) is 9.84 Å². The number of aliphatic hydroxyl groups is 1. The van der Waals surface area contributed by atoms with Crippen LogP contribution in [0.15, 0.2) is 18.2 Å². The van der Waals surface area contributed by atoms with Crippen LogP contribution in [-0.4, -0.2) is 31.3 Å². The van der Waals surface area contributed by atoms with Crippen molar-refractivity contribution in [3.8, 4) is 5.75 Å². The van der Waals surface area contributed by atoms with Gasteiger partial charge in [-0.2, -0.15) is 0 Å². The molecule has 2 unspecified atom stereocenters. The van der Waals surface area contributed by atoms with Gasteiger partial charge < -0.3 is 15.2 Å². The highest BCUT2D eigenvalue weighted by Crippen LogP contribution is 2.27. The Morgan fingerprint density at radius 3 is 2.61 bits per heavy atom. The van der Waals surface area contributed by atoms with Gasteiger partial charge in [-0.15, -0.1) is 0 Å². The second kappa shape index (κ2) is 6.61. The van der Waals surface area contributed by atoms with Crippen LogP contribution in [-0.2, 0) is 0 Å². The van der Waals surface area contributed by atoms with Gasteiger partial charge in [-0.25, -0.2) is 13.2 Å². The summed E-state index contributed by atoms with van der Waals surface area (Å²) in [5.41, 5.74) is 0.251. The summed E-state index contributed by atoms with van der Waals surface area (Å²) >= 11 is 0. The van der Waals surface area contributed by atoms with E-state index in [1.165, 1.54) is 19.2 Å². The normalized spacial score (nSPS) is 14.6. The van der Waals surface area contributed by atoms with E-state index in [-0.39, 0.29) is 12.1 Å². The Morgan fingerprint density at radius 1 is 1.39 bits per heavy atom. The summed E-state index contributed by atoms with van der Waals surface area (Å²) in [6, 6.07) is 3.80. The van der Waals surface area contributed by atoms with Crippen LogP contribution < -0.4 is 10.1 Å². The molecule has 0 bridgehead atoms. The van der Waals surface area contributed by atoms with Gasteiger partial charge in [0.05, 0.1) is 7.11 Å². The Balaban J connectivity index is 2.75. The average molecular weight is 263 g/mol. The second-order valence-corrected chi connectivity index (χ2v) is 3.89. The molecule has 0 saturated carbocycles. The van der Waals surface area contributed by atoms with Crippen LogP contribution >= 0.6 is 0 Å². The zero-order valence-corrected chi connectivity index (χ0v) is 10.2. The largest absolute Gasteiger partial charge is 0.496 e. The van der Waals surface area contributed by atoms with E-state index in [1.54, 1.807) is 13.0 Å². The maximum Gasteiger partial charge on any atom is 0.265 e. The minimum absolute atomic E-state index is 0.251. The van der Waals surface area contributed by atoms with Crippen LogP contribution in [0.5, 0.6) is 5.75 Å². The summed E-state index contributed by atoms with van der Waals surface area (Å²) < 4.78 is 42.9. The van der Waals surface area contributed by atoms with Crippen molar-refractivity contribution in [1.29, 1.82) is 0 Å². The van der Waals surface area contributed by atoms with Crippen LogP contribution in [0.1, 0.15) is 18.5 Å². The fourth-order valence-electron chi connectivity index (χ4n) is 1.60. The van der Waals surface area contributed by atoms with E-state index >= 15 is 0 Å². The molecule has 6 heteroatoms. The summed E-state index contributed by atoms with van der Waals surface area (Å²) in [5, 5.41) is 11.6. The molecule has 102 valence electrons. The van der Waals surface area contributed by atoms with E-state index < -0.39 is 24.4 Å². The number of methoxy groups -OCH3 is 1. The van der Waals surface area contributed by atoms with Crippen molar-refractivity contribution in [2.24, 2.45) is 0 Å². The summed E-state index contributed by atoms with van der Waals surface area (Å²) in [6.45, 7) is 1.29. The number of rotatable bonds is 6. The standard InChI is InChI=1S/C12H16F3NO2/c1-7(16-6-9(17)12(14)15)11-8(13)4-3-5-10(11)18-2/h3-5,7,9,12,16-17H,6H2,1-2H3. The van der Waals surface area contributed by atoms with Crippen molar-refractivity contribution in [3.05, 3.63) is 29.6 Å². The lowest BCUT2D eigenvalue weighted by Crippen LogP contribution is -2.34. The molecule has 0 spiro atoms. The Hall–Kier alpha value is -1.27. The number of hydrogen-bond donors (Lipinski definition) is 2. The molecule has 3 nitrogen and oxygen atoms in total. The summed E-state index contributed by atoms with van der Waals surface area (Å²) in [4.78, 5) is 0. The molecular weight excluding hydrogens is 247 g/mol. The molecule has 0 aliphatic rings. The number of ether oxygens (including phenoxy) is 1. The van der Waals surface area contributed by atoms with Crippen LogP contribution in [0.4, 0.5) is 13.2 Å². The molecule has 2 N–H and O–H groups in total. The van der Waals surface area contributed by atoms with Crippen LogP contribution in [0.2, 0.25) is 0 Å². The molecule has 0 heterocycles. The first kappa shape index (κ1) is 14.8. The number of hydrogen-bond acceptors (Lipinski definition) is 3. The zero-order chi connectivity index (χ0) is 13.7. The van der Waals surface area contributed by atoms with Gasteiger partial charge in [0, 0.05) is 18.2 Å². The van der Waals surface area contributed by atoms with Crippen molar-refractivity contribution >= 4 is 0 Å². The minimum atomic E-state index is -2.83. The minimum Gasteiger partial charge on any atom is -0.496 e. The first-order valence-electron chi connectivity index (χ1n) is 5.49. The fourth-order valence-corrected chi connectivity index (χ4v) is 1.60. The summed E-state index contributed by atoms with van der Waals surface area (Å²) in [6.07, 6.45) is -4.60. The molecule has 1 aromatic rings. The smallest absolute Gasteiger partial charge is 0.265 e. The number of nitrogens with one attached hydrogen (secondary N) is 1. The van der Waals surface area contributed by atoms with E-state index in [0.29, 0.717) is 5.75 Å².